The lowest BCUT2D eigenvalue weighted by atomic mass is 10.1. The first-order chi connectivity index (χ1) is 15.6. The van der Waals surface area contributed by atoms with E-state index in [9.17, 15) is 24.2 Å². The number of hydrogen-bond donors (Lipinski definition) is 3. The van der Waals surface area contributed by atoms with Crippen LogP contribution < -0.4 is 0 Å². The number of hydrogen-bond acceptors (Lipinski definition) is 4. The van der Waals surface area contributed by atoms with Crippen LogP contribution in [-0.2, 0) is 0 Å². The number of rotatable bonds is 5. The molecule has 6 nitrogen and oxygen atoms in total. The molecule has 0 unspecified atom stereocenters. The van der Waals surface area contributed by atoms with Gasteiger partial charge in [0.05, 0.1) is 27.5 Å². The Morgan fingerprint density at radius 2 is 1.55 bits per heavy atom. The van der Waals surface area contributed by atoms with E-state index >= 15 is 0 Å². The van der Waals surface area contributed by atoms with Crippen molar-refractivity contribution in [1.82, 2.24) is 9.55 Å². The largest absolute Gasteiger partial charge is 0.507 e. The van der Waals surface area contributed by atoms with Crippen LogP contribution in [0.1, 0.15) is 32.1 Å². The van der Waals surface area contributed by atoms with Crippen LogP contribution in [0.3, 0.4) is 0 Å². The zero-order chi connectivity index (χ0) is 24.0. The van der Waals surface area contributed by atoms with E-state index < -0.39 is 23.1 Å². The smallest absolute Gasteiger partial charge is 0.215 e. The molecule has 0 aliphatic heterocycles. The van der Waals surface area contributed by atoms with Crippen molar-refractivity contribution in [3.8, 4) is 17.2 Å². The Labute approximate surface area is 205 Å². The van der Waals surface area contributed by atoms with E-state index in [4.69, 9.17) is 46.4 Å². The van der Waals surface area contributed by atoms with Crippen LogP contribution in [0.15, 0.2) is 48.5 Å². The number of ketones is 2. The summed E-state index contributed by atoms with van der Waals surface area (Å²) >= 11 is 25.0. The highest BCUT2D eigenvalue weighted by atomic mass is 35.5. The zero-order valence-corrected chi connectivity index (χ0v) is 19.2. The normalized spacial score (nSPS) is 11.1. The molecule has 168 valence electrons. The molecule has 0 aliphatic carbocycles. The Hall–Kier alpha value is -2.97. The van der Waals surface area contributed by atoms with E-state index in [0.717, 1.165) is 22.8 Å². The predicted molar refractivity (Wildman–Crippen MR) is 123 cm³/mol. The molecule has 33 heavy (non-hydrogen) atoms. The molecule has 3 N–H and O–H groups in total. The molecule has 0 saturated carbocycles. The maximum absolute atomic E-state index is 13.4. The van der Waals surface area contributed by atoms with Gasteiger partial charge >= 0.3 is 0 Å². The van der Waals surface area contributed by atoms with Gasteiger partial charge in [0.2, 0.25) is 11.6 Å². The summed E-state index contributed by atoms with van der Waals surface area (Å²) in [5.74, 6) is -3.12. The van der Waals surface area contributed by atoms with Gasteiger partial charge in [-0.2, -0.15) is 0 Å². The summed E-state index contributed by atoms with van der Waals surface area (Å²) in [5, 5.41) is 19.7. The van der Waals surface area contributed by atoms with Crippen LogP contribution in [0.4, 0.5) is 4.39 Å². The first kappa shape index (κ1) is 23.2. The Morgan fingerprint density at radius 3 is 2.21 bits per heavy atom. The molecular formula is C22H11Cl4FN2O4. The van der Waals surface area contributed by atoms with Gasteiger partial charge in [0.25, 0.3) is 0 Å². The molecule has 0 bridgehead atoms. The van der Waals surface area contributed by atoms with Gasteiger partial charge in [-0.05, 0) is 30.3 Å². The highest BCUT2D eigenvalue weighted by Gasteiger charge is 2.30. The lowest BCUT2D eigenvalue weighted by molar-refractivity contribution is 0.101. The Bertz CT molecular complexity index is 1440. The van der Waals surface area contributed by atoms with Crippen LogP contribution in [0.5, 0.6) is 11.5 Å². The average molecular weight is 528 g/mol. The van der Waals surface area contributed by atoms with E-state index in [0.29, 0.717) is 0 Å². The first-order valence-corrected chi connectivity index (χ1v) is 10.6. The fraction of sp³-hybridized carbons (Fsp3) is 0. The quantitative estimate of drug-likeness (QED) is 0.260. The standard InChI is InChI=1S/C22H11Cl4FN2O4/c23-12-8-13(19(32)11-6-5-9(27)7-15(11)31)29(22(12)26)18-16(24)21(25)28-17(18)20(33)10-3-1-2-4-14(10)30/h1-8,28,30-31H. The van der Waals surface area contributed by atoms with Gasteiger partial charge in [0, 0.05) is 6.07 Å². The van der Waals surface area contributed by atoms with Crippen LogP contribution in [0.2, 0.25) is 20.4 Å². The van der Waals surface area contributed by atoms with Crippen LogP contribution >= 0.6 is 46.4 Å². The van der Waals surface area contributed by atoms with E-state index in [-0.39, 0.29) is 54.3 Å². The topological polar surface area (TPSA) is 95.3 Å². The molecule has 2 aromatic carbocycles. The lowest BCUT2D eigenvalue weighted by Crippen LogP contribution is -2.13. The number of nitrogens with one attached hydrogen (secondary N) is 1. The molecule has 0 amide bonds. The molecule has 4 aromatic rings. The first-order valence-electron chi connectivity index (χ1n) is 9.11. The average Bonchev–Trinajstić information content (AvgIpc) is 3.22. The highest BCUT2D eigenvalue weighted by Crippen LogP contribution is 2.40. The Morgan fingerprint density at radius 1 is 0.879 bits per heavy atom. The van der Waals surface area contributed by atoms with Crippen molar-refractivity contribution in [2.24, 2.45) is 0 Å². The maximum Gasteiger partial charge on any atom is 0.215 e. The second kappa shape index (κ2) is 8.76. The van der Waals surface area contributed by atoms with Gasteiger partial charge < -0.3 is 15.2 Å². The molecule has 0 saturated heterocycles. The molecule has 0 spiro atoms. The summed E-state index contributed by atoms with van der Waals surface area (Å²) < 4.78 is 14.5. The van der Waals surface area contributed by atoms with Crippen LogP contribution in [0.25, 0.3) is 5.69 Å². The second-order valence-electron chi connectivity index (χ2n) is 6.82. The maximum atomic E-state index is 13.4. The van der Waals surface area contributed by atoms with Gasteiger partial charge in [0.15, 0.2) is 0 Å². The van der Waals surface area contributed by atoms with Crippen molar-refractivity contribution in [2.45, 2.75) is 0 Å². The second-order valence-corrected chi connectivity index (χ2v) is 8.34. The van der Waals surface area contributed by atoms with Gasteiger partial charge in [-0.25, -0.2) is 4.39 Å². The van der Waals surface area contributed by atoms with Crippen molar-refractivity contribution in [2.75, 3.05) is 0 Å². The third kappa shape index (κ3) is 3.98. The molecular weight excluding hydrogens is 517 g/mol. The van der Waals surface area contributed by atoms with Crippen molar-refractivity contribution >= 4 is 58.0 Å². The van der Waals surface area contributed by atoms with E-state index in [2.05, 4.69) is 4.98 Å². The lowest BCUT2D eigenvalue weighted by Gasteiger charge is -2.13. The van der Waals surface area contributed by atoms with Crippen molar-refractivity contribution in [1.29, 1.82) is 0 Å². The van der Waals surface area contributed by atoms with Gasteiger partial charge in [-0.1, -0.05) is 58.5 Å². The van der Waals surface area contributed by atoms with Crippen molar-refractivity contribution in [3.63, 3.8) is 0 Å². The molecule has 0 radical (unpaired) electrons. The van der Waals surface area contributed by atoms with Gasteiger partial charge in [-0.3, -0.25) is 14.2 Å². The number of halogens is 5. The highest BCUT2D eigenvalue weighted by molar-refractivity contribution is 6.45. The zero-order valence-electron chi connectivity index (χ0n) is 16.2. The summed E-state index contributed by atoms with van der Waals surface area (Å²) in [7, 11) is 0. The number of H-pyrrole nitrogens is 1. The summed E-state index contributed by atoms with van der Waals surface area (Å²) in [4.78, 5) is 29.1. The predicted octanol–water partition coefficient (Wildman–Crippen LogP) is 6.43. The molecule has 2 heterocycles. The minimum atomic E-state index is -0.782. The Kier molecular flexibility index (Phi) is 6.16. The van der Waals surface area contributed by atoms with Gasteiger partial charge in [0.1, 0.15) is 38.3 Å². The summed E-state index contributed by atoms with van der Waals surface area (Å²) in [6, 6.07) is 9.86. The summed E-state index contributed by atoms with van der Waals surface area (Å²) in [6.45, 7) is 0. The van der Waals surface area contributed by atoms with E-state index in [1.807, 2.05) is 0 Å². The SMILES string of the molecule is O=C(c1ccccc1O)c1[nH]c(Cl)c(Cl)c1-n1c(C(=O)c2ccc(F)cc2O)cc(Cl)c1Cl. The molecule has 0 aliphatic rings. The fourth-order valence-electron chi connectivity index (χ4n) is 3.29. The van der Waals surface area contributed by atoms with E-state index in [1.165, 1.54) is 24.3 Å². The van der Waals surface area contributed by atoms with Crippen molar-refractivity contribution < 1.29 is 24.2 Å². The number of aromatic hydroxyl groups is 2. The minimum absolute atomic E-state index is 0.0593. The molecule has 4 rings (SSSR count). The number of nitrogens with zero attached hydrogens (tertiary/aromatic N) is 1. The van der Waals surface area contributed by atoms with Crippen LogP contribution in [-0.4, -0.2) is 31.3 Å². The van der Waals surface area contributed by atoms with Crippen molar-refractivity contribution in [3.05, 3.63) is 97.2 Å². The monoisotopic (exact) mass is 526 g/mol. The number of carbonyl (C=O) groups excluding carboxylic acids is 2. The Balaban J connectivity index is 1.95. The summed E-state index contributed by atoms with van der Waals surface area (Å²) in [5.41, 5.74) is -0.771. The molecule has 2 aromatic heterocycles. The minimum Gasteiger partial charge on any atom is -0.507 e. The number of aromatic nitrogens is 2. The number of carbonyl (C=O) groups is 2. The summed E-state index contributed by atoms with van der Waals surface area (Å²) in [6.07, 6.45) is 0. The van der Waals surface area contributed by atoms with Gasteiger partial charge in [-0.15, -0.1) is 0 Å². The number of para-hydroxylation sites is 1. The molecule has 11 heteroatoms. The fourth-order valence-corrected chi connectivity index (χ4v) is 4.12. The third-order valence-corrected chi connectivity index (χ3v) is 6.31. The third-order valence-electron chi connectivity index (χ3n) is 4.81. The molecule has 0 atom stereocenters. The number of phenols is 2. The number of aromatic amines is 1. The van der Waals surface area contributed by atoms with E-state index in [1.54, 1.807) is 6.07 Å². The van der Waals surface area contributed by atoms with Crippen LogP contribution in [0, 0.1) is 5.82 Å². The number of benzene rings is 2. The number of phenolic OH excluding ortho intramolecular Hbond substituents is 2. The molecule has 0 fully saturated rings.